The molecule has 0 spiro atoms. The monoisotopic (exact) mass is 390 g/mol. The van der Waals surface area contributed by atoms with E-state index in [9.17, 15) is 13.2 Å². The highest BCUT2D eigenvalue weighted by molar-refractivity contribution is 7.89. The molecule has 26 heavy (non-hydrogen) atoms. The maximum absolute atomic E-state index is 12.3. The van der Waals surface area contributed by atoms with Gasteiger partial charge in [-0.1, -0.05) is 35.9 Å². The van der Waals surface area contributed by atoms with E-state index in [-0.39, 0.29) is 16.5 Å². The van der Waals surface area contributed by atoms with Gasteiger partial charge in [-0.25, -0.2) is 22.5 Å². The third-order valence-corrected chi connectivity index (χ3v) is 5.83. The fraction of sp³-hybridized carbons (Fsp3) is 0.111. The summed E-state index contributed by atoms with van der Waals surface area (Å²) in [6.07, 6.45) is 1.53. The predicted molar refractivity (Wildman–Crippen MR) is 99.4 cm³/mol. The van der Waals surface area contributed by atoms with Crippen molar-refractivity contribution in [1.29, 1.82) is 0 Å². The molecule has 1 heterocycles. The van der Waals surface area contributed by atoms with Crippen LogP contribution in [0.5, 0.6) is 0 Å². The topological polar surface area (TPSA) is 76.0 Å². The molecule has 0 aromatic heterocycles. The number of halogens is 1. The standard InChI is InChI=1S/C18H15ClN2O4S/c1-21(2)26(23,24)14-8-5-7-13(10-14)17-20-16(18(22)25-17)11-12-6-3-4-9-15(12)19/h3-11H,1-2H3/b16-11-. The Bertz CT molecular complexity index is 1040. The summed E-state index contributed by atoms with van der Waals surface area (Å²) in [6.45, 7) is 0. The summed E-state index contributed by atoms with van der Waals surface area (Å²) in [7, 11) is -0.716. The fourth-order valence-corrected chi connectivity index (χ4v) is 3.41. The first-order valence-electron chi connectivity index (χ1n) is 7.59. The second kappa shape index (κ2) is 7.03. The van der Waals surface area contributed by atoms with Crippen molar-refractivity contribution >= 4 is 39.6 Å². The van der Waals surface area contributed by atoms with Gasteiger partial charge < -0.3 is 4.74 Å². The van der Waals surface area contributed by atoms with Gasteiger partial charge in [0.15, 0.2) is 5.70 Å². The molecule has 0 fully saturated rings. The quantitative estimate of drug-likeness (QED) is 0.594. The van der Waals surface area contributed by atoms with Crippen LogP contribution in [0.1, 0.15) is 11.1 Å². The molecule has 2 aromatic carbocycles. The van der Waals surface area contributed by atoms with Gasteiger partial charge in [-0.15, -0.1) is 0 Å². The van der Waals surface area contributed by atoms with E-state index in [1.807, 2.05) is 0 Å². The molecule has 0 atom stereocenters. The van der Waals surface area contributed by atoms with Crippen LogP contribution in [0.2, 0.25) is 5.02 Å². The van der Waals surface area contributed by atoms with Crippen molar-refractivity contribution < 1.29 is 17.9 Å². The van der Waals surface area contributed by atoms with Crippen molar-refractivity contribution in [2.75, 3.05) is 14.1 Å². The molecule has 1 aliphatic rings. The molecule has 1 aliphatic heterocycles. The van der Waals surface area contributed by atoms with Gasteiger partial charge in [-0.3, -0.25) is 0 Å². The molecule has 0 bridgehead atoms. The highest BCUT2D eigenvalue weighted by atomic mass is 35.5. The summed E-state index contributed by atoms with van der Waals surface area (Å²) >= 11 is 6.09. The first-order chi connectivity index (χ1) is 12.3. The number of hydrogen-bond donors (Lipinski definition) is 0. The summed E-state index contributed by atoms with van der Waals surface area (Å²) in [5.74, 6) is -0.579. The number of sulfonamides is 1. The zero-order valence-corrected chi connectivity index (χ0v) is 15.6. The van der Waals surface area contributed by atoms with Crippen molar-refractivity contribution in [3.8, 4) is 0 Å². The lowest BCUT2D eigenvalue weighted by Crippen LogP contribution is -2.22. The Labute approximate surface area is 156 Å². The number of hydrogen-bond acceptors (Lipinski definition) is 5. The van der Waals surface area contributed by atoms with Gasteiger partial charge in [-0.2, -0.15) is 0 Å². The number of ether oxygens (including phenoxy) is 1. The Morgan fingerprint density at radius 3 is 2.54 bits per heavy atom. The van der Waals surface area contributed by atoms with E-state index in [4.69, 9.17) is 16.3 Å². The minimum absolute atomic E-state index is 0.0455. The summed E-state index contributed by atoms with van der Waals surface area (Å²) in [4.78, 5) is 16.4. The van der Waals surface area contributed by atoms with Gasteiger partial charge in [0.05, 0.1) is 4.90 Å². The Hall–Kier alpha value is -2.48. The molecule has 0 saturated carbocycles. The molecule has 8 heteroatoms. The summed E-state index contributed by atoms with van der Waals surface area (Å²) in [5, 5.41) is 0.482. The van der Waals surface area contributed by atoms with Gasteiger partial charge in [0.1, 0.15) is 0 Å². The number of esters is 1. The summed E-state index contributed by atoms with van der Waals surface area (Å²) < 4.78 is 30.8. The second-order valence-corrected chi connectivity index (χ2v) is 8.23. The molecule has 0 unspecified atom stereocenters. The number of carbonyl (C=O) groups excluding carboxylic acids is 1. The van der Waals surface area contributed by atoms with Crippen LogP contribution >= 0.6 is 11.6 Å². The van der Waals surface area contributed by atoms with E-state index in [1.54, 1.807) is 36.4 Å². The lowest BCUT2D eigenvalue weighted by molar-refractivity contribution is -0.129. The number of aliphatic imine (C=N–C) groups is 1. The molecule has 0 N–H and O–H groups in total. The minimum atomic E-state index is -3.60. The number of cyclic esters (lactones) is 1. The van der Waals surface area contributed by atoms with Gasteiger partial charge in [0, 0.05) is 24.7 Å². The molecule has 3 rings (SSSR count). The van der Waals surface area contributed by atoms with E-state index in [2.05, 4.69) is 4.99 Å². The van der Waals surface area contributed by atoms with E-state index in [0.717, 1.165) is 4.31 Å². The summed E-state index contributed by atoms with van der Waals surface area (Å²) in [5.41, 5.74) is 1.12. The van der Waals surface area contributed by atoms with Crippen LogP contribution in [0.15, 0.2) is 64.1 Å². The smallest absolute Gasteiger partial charge is 0.363 e. The van der Waals surface area contributed by atoms with Crippen molar-refractivity contribution in [3.05, 3.63) is 70.4 Å². The van der Waals surface area contributed by atoms with E-state index < -0.39 is 16.0 Å². The minimum Gasteiger partial charge on any atom is -0.402 e. The zero-order chi connectivity index (χ0) is 18.9. The van der Waals surface area contributed by atoms with E-state index >= 15 is 0 Å². The SMILES string of the molecule is CN(C)S(=O)(=O)c1cccc(C2=N/C(=C\c3ccccc3Cl)C(=O)O2)c1. The molecular weight excluding hydrogens is 376 g/mol. The second-order valence-electron chi connectivity index (χ2n) is 5.67. The van der Waals surface area contributed by atoms with Crippen molar-refractivity contribution in [1.82, 2.24) is 4.31 Å². The lowest BCUT2D eigenvalue weighted by atomic mass is 10.2. The van der Waals surface area contributed by atoms with Crippen LogP contribution in [0.25, 0.3) is 6.08 Å². The Balaban J connectivity index is 1.99. The molecule has 0 amide bonds. The highest BCUT2D eigenvalue weighted by Gasteiger charge is 2.26. The van der Waals surface area contributed by atoms with Gasteiger partial charge >= 0.3 is 5.97 Å². The van der Waals surface area contributed by atoms with Crippen molar-refractivity contribution in [2.45, 2.75) is 4.90 Å². The first-order valence-corrected chi connectivity index (χ1v) is 9.41. The van der Waals surface area contributed by atoms with Gasteiger partial charge in [-0.05, 0) is 35.9 Å². The Kier molecular flexibility index (Phi) is 4.95. The number of rotatable bonds is 4. The molecular formula is C18H15ClN2O4S. The molecule has 2 aromatic rings. The van der Waals surface area contributed by atoms with Crippen molar-refractivity contribution in [2.24, 2.45) is 4.99 Å². The third kappa shape index (κ3) is 3.55. The van der Waals surface area contributed by atoms with E-state index in [1.165, 1.54) is 32.3 Å². The number of carbonyl (C=O) groups is 1. The number of nitrogens with zero attached hydrogens (tertiary/aromatic N) is 2. The summed E-state index contributed by atoms with van der Waals surface area (Å²) in [6, 6.07) is 13.1. The molecule has 0 saturated heterocycles. The third-order valence-electron chi connectivity index (χ3n) is 3.68. The van der Waals surface area contributed by atoms with Crippen LogP contribution in [0.4, 0.5) is 0 Å². The molecule has 0 aliphatic carbocycles. The molecule has 134 valence electrons. The van der Waals surface area contributed by atoms with Crippen LogP contribution in [0.3, 0.4) is 0 Å². The maximum atomic E-state index is 12.3. The van der Waals surface area contributed by atoms with Crippen molar-refractivity contribution in [3.63, 3.8) is 0 Å². The first kappa shape index (κ1) is 18.3. The average Bonchev–Trinajstić information content (AvgIpc) is 2.98. The average molecular weight is 391 g/mol. The van der Waals surface area contributed by atoms with Gasteiger partial charge in [0.2, 0.25) is 15.9 Å². The Morgan fingerprint density at radius 1 is 1.12 bits per heavy atom. The predicted octanol–water partition coefficient (Wildman–Crippen LogP) is 2.93. The maximum Gasteiger partial charge on any atom is 0.363 e. The van der Waals surface area contributed by atoms with Crippen LogP contribution in [-0.4, -0.2) is 38.7 Å². The van der Waals surface area contributed by atoms with Crippen LogP contribution in [0, 0.1) is 0 Å². The lowest BCUT2D eigenvalue weighted by Gasteiger charge is -2.11. The van der Waals surface area contributed by atoms with E-state index in [0.29, 0.717) is 16.1 Å². The fourth-order valence-electron chi connectivity index (χ4n) is 2.27. The zero-order valence-electron chi connectivity index (χ0n) is 14.0. The molecule has 6 nitrogen and oxygen atoms in total. The van der Waals surface area contributed by atoms with Crippen LogP contribution < -0.4 is 0 Å². The number of benzene rings is 2. The molecule has 0 radical (unpaired) electrons. The van der Waals surface area contributed by atoms with Gasteiger partial charge in [0.25, 0.3) is 0 Å². The van der Waals surface area contributed by atoms with Crippen LogP contribution in [-0.2, 0) is 19.6 Å². The largest absolute Gasteiger partial charge is 0.402 e. The highest BCUT2D eigenvalue weighted by Crippen LogP contribution is 2.24. The Morgan fingerprint density at radius 2 is 1.85 bits per heavy atom. The normalized spacial score (nSPS) is 16.1.